The topological polar surface area (TPSA) is 102 Å². The van der Waals surface area contributed by atoms with Gasteiger partial charge >= 0.3 is 0 Å². The van der Waals surface area contributed by atoms with E-state index in [1.807, 2.05) is 31.3 Å². The normalized spacial score (nSPS) is 15.5. The number of hydrogen-bond acceptors (Lipinski definition) is 8. The highest BCUT2D eigenvalue weighted by Gasteiger charge is 2.21. The van der Waals surface area contributed by atoms with E-state index >= 15 is 0 Å². The summed E-state index contributed by atoms with van der Waals surface area (Å²) in [7, 11) is 1.64. The Morgan fingerprint density at radius 3 is 2.92 bits per heavy atom. The molecular formula is C27H28N6O2S. The average Bonchev–Trinajstić information content (AvgIpc) is 3.30. The predicted molar refractivity (Wildman–Crippen MR) is 143 cm³/mol. The molecule has 0 saturated carbocycles. The molecule has 0 spiro atoms. The SMILES string of the molecule is CNC(=O)c1ccnc2c(CC(CNc3cc(-c4cnc5c(c4)[C@@H](C)OC5)ncn3)SC)cccc12. The van der Waals surface area contributed by atoms with E-state index in [2.05, 4.69) is 49.0 Å². The van der Waals surface area contributed by atoms with E-state index in [0.717, 1.165) is 57.8 Å². The maximum Gasteiger partial charge on any atom is 0.251 e. The second kappa shape index (κ2) is 10.6. The van der Waals surface area contributed by atoms with Crippen LogP contribution >= 0.6 is 11.8 Å². The number of rotatable bonds is 8. The Kier molecular flexibility index (Phi) is 7.11. The molecule has 0 radical (unpaired) electrons. The molecule has 0 saturated heterocycles. The van der Waals surface area contributed by atoms with E-state index in [0.29, 0.717) is 12.2 Å². The van der Waals surface area contributed by atoms with Gasteiger partial charge in [0.15, 0.2) is 0 Å². The largest absolute Gasteiger partial charge is 0.369 e. The van der Waals surface area contributed by atoms with Crippen LogP contribution in [0, 0.1) is 0 Å². The lowest BCUT2D eigenvalue weighted by atomic mass is 10.0. The maximum absolute atomic E-state index is 12.3. The Morgan fingerprint density at radius 1 is 1.19 bits per heavy atom. The molecule has 1 unspecified atom stereocenters. The number of pyridine rings is 2. The molecule has 0 bridgehead atoms. The molecule has 3 aromatic heterocycles. The standard InChI is InChI=1S/C27H28N6O2S/c1-16-22-10-18(12-30-24(22)14-35-16)23-11-25(33-15-32-23)31-13-19(36-3)9-17-5-4-6-20-21(27(34)28-2)7-8-29-26(17)20/h4-8,10-12,15-16,19H,9,13-14H2,1-3H3,(H,28,34)(H,31,32,33)/t16-,19?/m1/s1. The third kappa shape index (κ3) is 4.89. The third-order valence-corrected chi connectivity index (χ3v) is 7.49. The fourth-order valence-corrected chi connectivity index (χ4v) is 5.06. The van der Waals surface area contributed by atoms with Crippen molar-refractivity contribution < 1.29 is 9.53 Å². The Balaban J connectivity index is 1.31. The van der Waals surface area contributed by atoms with Crippen molar-refractivity contribution in [3.8, 4) is 11.3 Å². The molecule has 1 aromatic carbocycles. The maximum atomic E-state index is 12.3. The Morgan fingerprint density at radius 2 is 2.08 bits per heavy atom. The molecule has 1 aliphatic heterocycles. The minimum Gasteiger partial charge on any atom is -0.369 e. The fourth-order valence-electron chi connectivity index (χ4n) is 4.47. The fraction of sp³-hybridized carbons (Fsp3) is 0.296. The second-order valence-electron chi connectivity index (χ2n) is 8.70. The third-order valence-electron chi connectivity index (χ3n) is 6.49. The van der Waals surface area contributed by atoms with E-state index in [1.165, 1.54) is 0 Å². The van der Waals surface area contributed by atoms with Crippen molar-refractivity contribution in [3.05, 3.63) is 77.5 Å². The van der Waals surface area contributed by atoms with Crippen molar-refractivity contribution in [2.45, 2.75) is 31.3 Å². The lowest BCUT2D eigenvalue weighted by Crippen LogP contribution is -2.20. The summed E-state index contributed by atoms with van der Waals surface area (Å²) < 4.78 is 5.68. The number of benzene rings is 1. The Hall–Kier alpha value is -3.56. The van der Waals surface area contributed by atoms with Gasteiger partial charge in [-0.15, -0.1) is 0 Å². The number of thioether (sulfide) groups is 1. The summed E-state index contributed by atoms with van der Waals surface area (Å²) in [5.41, 5.74) is 6.50. The molecule has 2 atom stereocenters. The second-order valence-corrected chi connectivity index (χ2v) is 9.83. The first-order chi connectivity index (χ1) is 17.6. The summed E-state index contributed by atoms with van der Waals surface area (Å²) in [6.07, 6.45) is 8.08. The first-order valence-electron chi connectivity index (χ1n) is 11.9. The summed E-state index contributed by atoms with van der Waals surface area (Å²) in [5.74, 6) is 0.657. The molecule has 8 nitrogen and oxygen atoms in total. The van der Waals surface area contributed by atoms with Gasteiger partial charge in [0.1, 0.15) is 12.1 Å². The van der Waals surface area contributed by atoms with Gasteiger partial charge in [-0.2, -0.15) is 11.8 Å². The van der Waals surface area contributed by atoms with E-state index in [-0.39, 0.29) is 17.3 Å². The number of ether oxygens (including phenoxy) is 1. The van der Waals surface area contributed by atoms with Crippen molar-refractivity contribution in [2.75, 3.05) is 25.2 Å². The lowest BCUT2D eigenvalue weighted by molar-refractivity contribution is 0.0787. The smallest absolute Gasteiger partial charge is 0.251 e. The van der Waals surface area contributed by atoms with Crippen LogP contribution in [0.25, 0.3) is 22.2 Å². The van der Waals surface area contributed by atoms with Crippen molar-refractivity contribution in [1.82, 2.24) is 25.3 Å². The molecule has 2 N–H and O–H groups in total. The lowest BCUT2D eigenvalue weighted by Gasteiger charge is -2.17. The number of aromatic nitrogens is 4. The molecule has 184 valence electrons. The molecule has 4 aromatic rings. The van der Waals surface area contributed by atoms with E-state index in [1.54, 1.807) is 37.4 Å². The summed E-state index contributed by atoms with van der Waals surface area (Å²) in [4.78, 5) is 30.3. The van der Waals surface area contributed by atoms with Crippen molar-refractivity contribution in [3.63, 3.8) is 0 Å². The highest BCUT2D eigenvalue weighted by molar-refractivity contribution is 7.99. The number of hydrogen-bond donors (Lipinski definition) is 2. The van der Waals surface area contributed by atoms with Gasteiger partial charge in [0.05, 0.1) is 35.2 Å². The number of fused-ring (bicyclic) bond motifs is 2. The van der Waals surface area contributed by atoms with Gasteiger partial charge in [-0.3, -0.25) is 14.8 Å². The first-order valence-corrected chi connectivity index (χ1v) is 13.1. The Labute approximate surface area is 214 Å². The van der Waals surface area contributed by atoms with E-state index in [4.69, 9.17) is 4.74 Å². The number of nitrogens with one attached hydrogen (secondary N) is 2. The van der Waals surface area contributed by atoms with Crippen LogP contribution in [0.3, 0.4) is 0 Å². The zero-order chi connectivity index (χ0) is 25.1. The summed E-state index contributed by atoms with van der Waals surface area (Å²) in [5, 5.41) is 7.33. The number of nitrogens with zero attached hydrogens (tertiary/aromatic N) is 4. The van der Waals surface area contributed by atoms with Crippen LogP contribution < -0.4 is 10.6 Å². The van der Waals surface area contributed by atoms with E-state index < -0.39 is 0 Å². The molecule has 0 fully saturated rings. The van der Waals surface area contributed by atoms with Crippen LogP contribution in [0.4, 0.5) is 5.82 Å². The molecule has 36 heavy (non-hydrogen) atoms. The molecule has 1 aliphatic rings. The summed E-state index contributed by atoms with van der Waals surface area (Å²) >= 11 is 1.78. The van der Waals surface area contributed by atoms with Gasteiger partial charge in [-0.25, -0.2) is 9.97 Å². The highest BCUT2D eigenvalue weighted by Crippen LogP contribution is 2.32. The molecule has 1 amide bonds. The summed E-state index contributed by atoms with van der Waals surface area (Å²) in [6, 6.07) is 11.8. The van der Waals surface area contributed by atoms with Crippen molar-refractivity contribution in [2.24, 2.45) is 0 Å². The number of amides is 1. The first kappa shape index (κ1) is 24.1. The molecular weight excluding hydrogens is 472 g/mol. The monoisotopic (exact) mass is 500 g/mol. The van der Waals surface area contributed by atoms with Gasteiger partial charge < -0.3 is 15.4 Å². The van der Waals surface area contributed by atoms with Crippen LogP contribution in [0.2, 0.25) is 0 Å². The molecule has 0 aliphatic carbocycles. The zero-order valence-corrected chi connectivity index (χ0v) is 21.3. The molecule has 4 heterocycles. The number of anilines is 1. The van der Waals surface area contributed by atoms with Gasteiger partial charge in [-0.05, 0) is 37.3 Å². The van der Waals surface area contributed by atoms with E-state index in [9.17, 15) is 4.79 Å². The average molecular weight is 501 g/mol. The number of carbonyl (C=O) groups is 1. The zero-order valence-electron chi connectivity index (χ0n) is 20.5. The van der Waals surface area contributed by atoms with Crippen LogP contribution in [0.1, 0.15) is 40.2 Å². The minimum absolute atomic E-state index is 0.0465. The highest BCUT2D eigenvalue weighted by atomic mass is 32.2. The van der Waals surface area contributed by atoms with Crippen LogP contribution in [0.15, 0.2) is 55.1 Å². The van der Waals surface area contributed by atoms with Gasteiger partial charge in [-0.1, -0.05) is 18.2 Å². The Bertz CT molecular complexity index is 1410. The van der Waals surface area contributed by atoms with Crippen LogP contribution in [-0.2, 0) is 17.8 Å². The van der Waals surface area contributed by atoms with Gasteiger partial charge in [0.2, 0.25) is 0 Å². The quantitative estimate of drug-likeness (QED) is 0.367. The van der Waals surface area contributed by atoms with Crippen LogP contribution in [-0.4, -0.2) is 50.9 Å². The van der Waals surface area contributed by atoms with Gasteiger partial charge in [0, 0.05) is 53.8 Å². The predicted octanol–water partition coefficient (Wildman–Crippen LogP) is 4.42. The van der Waals surface area contributed by atoms with Crippen LogP contribution in [0.5, 0.6) is 0 Å². The van der Waals surface area contributed by atoms with Gasteiger partial charge in [0.25, 0.3) is 5.91 Å². The molecule has 5 rings (SSSR count). The van der Waals surface area contributed by atoms with Crippen molar-refractivity contribution >= 4 is 34.4 Å². The summed E-state index contributed by atoms with van der Waals surface area (Å²) in [6.45, 7) is 3.32. The number of carbonyl (C=O) groups excluding carboxylic acids is 1. The minimum atomic E-state index is -0.109. The number of para-hydroxylation sites is 1. The molecule has 9 heteroatoms. The van der Waals surface area contributed by atoms with Crippen molar-refractivity contribution in [1.29, 1.82) is 0 Å².